The van der Waals surface area contributed by atoms with E-state index < -0.39 is 0 Å². The van der Waals surface area contributed by atoms with Gasteiger partial charge in [0.2, 0.25) is 0 Å². The summed E-state index contributed by atoms with van der Waals surface area (Å²) in [6, 6.07) is 3.80. The summed E-state index contributed by atoms with van der Waals surface area (Å²) >= 11 is 5.81. The van der Waals surface area contributed by atoms with Crippen molar-refractivity contribution in [2.45, 2.75) is 33.1 Å². The van der Waals surface area contributed by atoms with E-state index >= 15 is 0 Å². The summed E-state index contributed by atoms with van der Waals surface area (Å²) in [7, 11) is 0. The molecule has 1 aliphatic heterocycles. The second-order valence-electron chi connectivity index (χ2n) is 5.32. The fourth-order valence-electron chi connectivity index (χ4n) is 2.72. The van der Waals surface area contributed by atoms with Crippen LogP contribution >= 0.6 is 11.6 Å². The molecule has 1 aliphatic rings. The molecule has 1 saturated heterocycles. The SMILES string of the molecule is Cc1ccc(C(=O)N2CCCC(CCCl)C2)c(C)n1. The van der Waals surface area contributed by atoms with E-state index in [1.165, 1.54) is 6.42 Å². The number of hydrogen-bond donors (Lipinski definition) is 0. The van der Waals surface area contributed by atoms with Crippen LogP contribution in [0.1, 0.15) is 41.0 Å². The van der Waals surface area contributed by atoms with Crippen LogP contribution in [0.4, 0.5) is 0 Å². The number of pyridine rings is 1. The van der Waals surface area contributed by atoms with Gasteiger partial charge in [0.05, 0.1) is 11.3 Å². The first kappa shape index (κ1) is 14.3. The van der Waals surface area contributed by atoms with Gasteiger partial charge in [-0.3, -0.25) is 9.78 Å². The van der Waals surface area contributed by atoms with E-state index in [0.29, 0.717) is 11.8 Å². The van der Waals surface area contributed by atoms with E-state index in [4.69, 9.17) is 11.6 Å². The minimum atomic E-state index is 0.115. The lowest BCUT2D eigenvalue weighted by Crippen LogP contribution is -2.40. The van der Waals surface area contributed by atoms with Crippen LogP contribution in [-0.2, 0) is 0 Å². The molecule has 0 saturated carbocycles. The van der Waals surface area contributed by atoms with E-state index in [9.17, 15) is 4.79 Å². The van der Waals surface area contributed by atoms with Gasteiger partial charge < -0.3 is 4.90 Å². The molecule has 1 amide bonds. The number of hydrogen-bond acceptors (Lipinski definition) is 2. The van der Waals surface area contributed by atoms with Crippen LogP contribution in [0.2, 0.25) is 0 Å². The maximum Gasteiger partial charge on any atom is 0.255 e. The van der Waals surface area contributed by atoms with E-state index in [0.717, 1.165) is 42.9 Å². The van der Waals surface area contributed by atoms with Crippen molar-refractivity contribution in [3.8, 4) is 0 Å². The fraction of sp³-hybridized carbons (Fsp3) is 0.600. The second-order valence-corrected chi connectivity index (χ2v) is 5.70. The maximum absolute atomic E-state index is 12.5. The predicted molar refractivity (Wildman–Crippen MR) is 77.7 cm³/mol. The first-order valence-electron chi connectivity index (χ1n) is 6.91. The third-order valence-corrected chi connectivity index (χ3v) is 4.00. The number of aryl methyl sites for hydroxylation is 2. The lowest BCUT2D eigenvalue weighted by atomic mass is 9.95. The Hall–Kier alpha value is -1.09. The van der Waals surface area contributed by atoms with Crippen LogP contribution in [0.15, 0.2) is 12.1 Å². The molecule has 0 N–H and O–H groups in total. The van der Waals surface area contributed by atoms with Crippen LogP contribution in [0.25, 0.3) is 0 Å². The normalized spacial score (nSPS) is 19.5. The van der Waals surface area contributed by atoms with Crippen LogP contribution in [-0.4, -0.2) is 34.8 Å². The highest BCUT2D eigenvalue weighted by molar-refractivity contribution is 6.17. The lowest BCUT2D eigenvalue weighted by Gasteiger charge is -2.32. The summed E-state index contributed by atoms with van der Waals surface area (Å²) in [6.07, 6.45) is 3.25. The Balaban J connectivity index is 2.10. The van der Waals surface area contributed by atoms with Crippen molar-refractivity contribution in [3.63, 3.8) is 0 Å². The summed E-state index contributed by atoms with van der Waals surface area (Å²) < 4.78 is 0. The molecule has 3 nitrogen and oxygen atoms in total. The van der Waals surface area contributed by atoms with Gasteiger partial charge in [-0.25, -0.2) is 0 Å². The molecular weight excluding hydrogens is 260 g/mol. The molecule has 104 valence electrons. The Morgan fingerprint density at radius 1 is 1.47 bits per heavy atom. The highest BCUT2D eigenvalue weighted by atomic mass is 35.5. The van der Waals surface area contributed by atoms with Gasteiger partial charge >= 0.3 is 0 Å². The van der Waals surface area contributed by atoms with Gasteiger partial charge in [0.25, 0.3) is 5.91 Å². The smallest absolute Gasteiger partial charge is 0.255 e. The van der Waals surface area contributed by atoms with Crippen LogP contribution in [0.3, 0.4) is 0 Å². The quantitative estimate of drug-likeness (QED) is 0.797. The molecular formula is C15H21ClN2O. The fourth-order valence-corrected chi connectivity index (χ4v) is 3.03. The molecule has 19 heavy (non-hydrogen) atoms. The summed E-state index contributed by atoms with van der Waals surface area (Å²) in [4.78, 5) is 18.9. The first-order chi connectivity index (χ1) is 9.11. The number of likely N-dealkylation sites (tertiary alicyclic amines) is 1. The van der Waals surface area contributed by atoms with Crippen molar-refractivity contribution in [1.82, 2.24) is 9.88 Å². The minimum Gasteiger partial charge on any atom is -0.338 e. The molecule has 0 aromatic carbocycles. The van der Waals surface area contributed by atoms with Gasteiger partial charge in [0, 0.05) is 24.7 Å². The van der Waals surface area contributed by atoms with Crippen LogP contribution < -0.4 is 0 Å². The van der Waals surface area contributed by atoms with Crippen molar-refractivity contribution in [2.75, 3.05) is 19.0 Å². The average Bonchev–Trinajstić information content (AvgIpc) is 2.39. The summed E-state index contributed by atoms with van der Waals surface area (Å²) in [5.41, 5.74) is 2.51. The van der Waals surface area contributed by atoms with Crippen molar-refractivity contribution in [3.05, 3.63) is 29.1 Å². The molecule has 2 heterocycles. The monoisotopic (exact) mass is 280 g/mol. The molecule has 1 unspecified atom stereocenters. The summed E-state index contributed by atoms with van der Waals surface area (Å²) in [5, 5.41) is 0. The van der Waals surface area contributed by atoms with Gasteiger partial charge in [0.1, 0.15) is 0 Å². The molecule has 1 fully saturated rings. The van der Waals surface area contributed by atoms with Gasteiger partial charge in [-0.05, 0) is 51.2 Å². The highest BCUT2D eigenvalue weighted by Crippen LogP contribution is 2.22. The van der Waals surface area contributed by atoms with Crippen LogP contribution in [0.5, 0.6) is 0 Å². The van der Waals surface area contributed by atoms with E-state index in [2.05, 4.69) is 4.98 Å². The van der Waals surface area contributed by atoms with Gasteiger partial charge in [-0.2, -0.15) is 0 Å². The Morgan fingerprint density at radius 2 is 2.26 bits per heavy atom. The van der Waals surface area contributed by atoms with Gasteiger partial charge in [-0.15, -0.1) is 11.6 Å². The topological polar surface area (TPSA) is 33.2 Å². The third kappa shape index (κ3) is 3.47. The average molecular weight is 281 g/mol. The Morgan fingerprint density at radius 3 is 2.95 bits per heavy atom. The zero-order chi connectivity index (χ0) is 13.8. The van der Waals surface area contributed by atoms with Crippen molar-refractivity contribution < 1.29 is 4.79 Å². The van der Waals surface area contributed by atoms with Crippen molar-refractivity contribution in [2.24, 2.45) is 5.92 Å². The number of amides is 1. The number of rotatable bonds is 3. The maximum atomic E-state index is 12.5. The van der Waals surface area contributed by atoms with Gasteiger partial charge in [-0.1, -0.05) is 0 Å². The molecule has 0 radical (unpaired) electrons. The molecule has 1 atom stereocenters. The molecule has 0 spiro atoms. The first-order valence-corrected chi connectivity index (χ1v) is 7.44. The zero-order valence-electron chi connectivity index (χ0n) is 11.7. The Bertz CT molecular complexity index is 459. The number of nitrogens with zero attached hydrogens (tertiary/aromatic N) is 2. The van der Waals surface area contributed by atoms with Crippen molar-refractivity contribution in [1.29, 1.82) is 0 Å². The molecule has 1 aromatic rings. The Kier molecular flexibility index (Phi) is 4.81. The summed E-state index contributed by atoms with van der Waals surface area (Å²) in [6.45, 7) is 5.53. The summed E-state index contributed by atoms with van der Waals surface area (Å²) in [5.74, 6) is 1.34. The third-order valence-electron chi connectivity index (χ3n) is 3.78. The number of carbonyl (C=O) groups excluding carboxylic acids is 1. The second kappa shape index (κ2) is 6.38. The molecule has 2 rings (SSSR count). The number of alkyl halides is 1. The van der Waals surface area contributed by atoms with E-state index in [1.54, 1.807) is 0 Å². The lowest BCUT2D eigenvalue weighted by molar-refractivity contribution is 0.0670. The highest BCUT2D eigenvalue weighted by Gasteiger charge is 2.25. The van der Waals surface area contributed by atoms with E-state index in [1.807, 2.05) is 30.9 Å². The Labute approximate surface area is 120 Å². The van der Waals surface area contributed by atoms with E-state index in [-0.39, 0.29) is 5.91 Å². The molecule has 1 aromatic heterocycles. The number of piperidine rings is 1. The predicted octanol–water partition coefficient (Wildman–Crippen LogP) is 3.18. The number of carbonyl (C=O) groups is 1. The molecule has 0 bridgehead atoms. The van der Waals surface area contributed by atoms with Crippen LogP contribution in [0, 0.1) is 19.8 Å². The molecule has 4 heteroatoms. The number of halogens is 1. The largest absolute Gasteiger partial charge is 0.338 e. The zero-order valence-corrected chi connectivity index (χ0v) is 12.4. The minimum absolute atomic E-state index is 0.115. The number of aromatic nitrogens is 1. The standard InChI is InChI=1S/C15H21ClN2O/c1-11-5-6-14(12(2)17-11)15(19)18-9-3-4-13(10-18)7-8-16/h5-6,13H,3-4,7-10H2,1-2H3. The van der Waals surface area contributed by atoms with Gasteiger partial charge in [0.15, 0.2) is 0 Å². The van der Waals surface area contributed by atoms with Crippen molar-refractivity contribution >= 4 is 17.5 Å². The molecule has 0 aliphatic carbocycles.